The van der Waals surface area contributed by atoms with E-state index in [0.717, 1.165) is 16.4 Å². The van der Waals surface area contributed by atoms with Crippen LogP contribution in [0.5, 0.6) is 11.5 Å². The SMILES string of the molecule is CCOC(=O)N1CCN(S(=O)(=O)c2cc(OCC(F)(F)F)ccc2OCC(F)(F)F)CC1. The van der Waals surface area contributed by atoms with Crippen LogP contribution in [-0.2, 0) is 14.8 Å². The number of rotatable bonds is 7. The maximum absolute atomic E-state index is 13.0. The van der Waals surface area contributed by atoms with Crippen molar-refractivity contribution < 1.29 is 53.8 Å². The molecule has 15 heteroatoms. The van der Waals surface area contributed by atoms with E-state index in [4.69, 9.17) is 4.74 Å². The zero-order valence-corrected chi connectivity index (χ0v) is 17.5. The van der Waals surface area contributed by atoms with Gasteiger partial charge in [-0.1, -0.05) is 0 Å². The Morgan fingerprint density at radius 1 is 0.969 bits per heavy atom. The molecule has 0 saturated carbocycles. The molecule has 1 aliphatic heterocycles. The molecule has 32 heavy (non-hydrogen) atoms. The van der Waals surface area contributed by atoms with Gasteiger partial charge in [0.2, 0.25) is 10.0 Å². The highest BCUT2D eigenvalue weighted by molar-refractivity contribution is 7.89. The first-order valence-corrected chi connectivity index (χ1v) is 10.6. The van der Waals surface area contributed by atoms with Crippen molar-refractivity contribution in [1.29, 1.82) is 0 Å². The standard InChI is InChI=1S/C17H20F6N2O6S/c1-2-29-15(26)24-5-7-25(8-6-24)32(27,28)14-9-12(30-10-16(18,19)20)3-4-13(14)31-11-17(21,22)23/h3-4,9H,2,5-8,10-11H2,1H3. The van der Waals surface area contributed by atoms with Crippen LogP contribution < -0.4 is 9.47 Å². The van der Waals surface area contributed by atoms with Crippen molar-refractivity contribution in [3.05, 3.63) is 18.2 Å². The van der Waals surface area contributed by atoms with Crippen LogP contribution in [0.2, 0.25) is 0 Å². The number of ether oxygens (including phenoxy) is 3. The van der Waals surface area contributed by atoms with E-state index in [-0.39, 0.29) is 32.8 Å². The van der Waals surface area contributed by atoms with Gasteiger partial charge in [0.1, 0.15) is 16.4 Å². The molecule has 0 spiro atoms. The maximum Gasteiger partial charge on any atom is 0.422 e. The molecule has 0 atom stereocenters. The molecule has 1 heterocycles. The van der Waals surface area contributed by atoms with E-state index in [2.05, 4.69) is 9.47 Å². The van der Waals surface area contributed by atoms with E-state index < -0.39 is 58.1 Å². The highest BCUT2D eigenvalue weighted by Gasteiger charge is 2.35. The summed E-state index contributed by atoms with van der Waals surface area (Å²) in [4.78, 5) is 12.2. The Kier molecular flexibility index (Phi) is 8.09. The Morgan fingerprint density at radius 3 is 2.06 bits per heavy atom. The Labute approximate surface area is 179 Å². The molecule has 0 aromatic heterocycles. The molecule has 0 aliphatic carbocycles. The van der Waals surface area contributed by atoms with E-state index >= 15 is 0 Å². The van der Waals surface area contributed by atoms with Gasteiger partial charge in [-0.05, 0) is 19.1 Å². The number of nitrogens with zero attached hydrogens (tertiary/aromatic N) is 2. The molecule has 8 nitrogen and oxygen atoms in total. The second kappa shape index (κ2) is 10.0. The van der Waals surface area contributed by atoms with Crippen molar-refractivity contribution in [3.8, 4) is 11.5 Å². The lowest BCUT2D eigenvalue weighted by atomic mass is 10.3. The van der Waals surface area contributed by atoms with Crippen LogP contribution >= 0.6 is 0 Å². The number of sulfonamides is 1. The number of piperazine rings is 1. The number of carbonyl (C=O) groups excluding carboxylic acids is 1. The molecule has 1 saturated heterocycles. The average molecular weight is 494 g/mol. The summed E-state index contributed by atoms with van der Waals surface area (Å²) >= 11 is 0. The minimum absolute atomic E-state index is 0.0545. The summed E-state index contributed by atoms with van der Waals surface area (Å²) in [7, 11) is -4.50. The lowest BCUT2D eigenvalue weighted by molar-refractivity contribution is -0.154. The van der Waals surface area contributed by atoms with Crippen LogP contribution in [0, 0.1) is 0 Å². The second-order valence-electron chi connectivity index (χ2n) is 6.51. The Hall–Kier alpha value is -2.42. The zero-order valence-electron chi connectivity index (χ0n) is 16.7. The molecule has 1 aromatic carbocycles. The van der Waals surface area contributed by atoms with Crippen LogP contribution in [0.25, 0.3) is 0 Å². The smallest absolute Gasteiger partial charge is 0.422 e. The highest BCUT2D eigenvalue weighted by atomic mass is 32.2. The van der Waals surface area contributed by atoms with Gasteiger partial charge < -0.3 is 19.1 Å². The monoisotopic (exact) mass is 494 g/mol. The van der Waals surface area contributed by atoms with Crippen molar-refractivity contribution in [2.24, 2.45) is 0 Å². The topological polar surface area (TPSA) is 85.4 Å². The Morgan fingerprint density at radius 2 is 1.53 bits per heavy atom. The largest absolute Gasteiger partial charge is 0.484 e. The first kappa shape index (κ1) is 25.8. The number of hydrogen-bond acceptors (Lipinski definition) is 6. The number of alkyl halides is 6. The predicted molar refractivity (Wildman–Crippen MR) is 96.9 cm³/mol. The molecular formula is C17H20F6N2O6S. The summed E-state index contributed by atoms with van der Waals surface area (Å²) < 4.78 is 116. The van der Waals surface area contributed by atoms with Crippen molar-refractivity contribution in [3.63, 3.8) is 0 Å². The number of halogens is 6. The third-order valence-electron chi connectivity index (χ3n) is 4.09. The van der Waals surface area contributed by atoms with Crippen LogP contribution in [0.15, 0.2) is 23.1 Å². The molecule has 2 rings (SSSR count). The molecule has 1 amide bonds. The van der Waals surface area contributed by atoms with Gasteiger partial charge in [0.25, 0.3) is 0 Å². The number of hydrogen-bond donors (Lipinski definition) is 0. The van der Waals surface area contributed by atoms with E-state index in [1.807, 2.05) is 0 Å². The average Bonchev–Trinajstić information content (AvgIpc) is 2.70. The third kappa shape index (κ3) is 7.32. The van der Waals surface area contributed by atoms with Crippen molar-refractivity contribution >= 4 is 16.1 Å². The summed E-state index contributed by atoms with van der Waals surface area (Å²) in [6.07, 6.45) is -10.1. The minimum atomic E-state index is -4.78. The van der Waals surface area contributed by atoms with E-state index in [9.17, 15) is 39.6 Å². The quantitative estimate of drug-likeness (QED) is 0.542. The van der Waals surface area contributed by atoms with Gasteiger partial charge in [0.15, 0.2) is 13.2 Å². The summed E-state index contributed by atoms with van der Waals surface area (Å²) in [6, 6.07) is 2.33. The van der Waals surface area contributed by atoms with Crippen LogP contribution in [-0.4, -0.2) is 82.1 Å². The third-order valence-corrected chi connectivity index (χ3v) is 6.01. The highest BCUT2D eigenvalue weighted by Crippen LogP contribution is 2.33. The number of amides is 1. The fraction of sp³-hybridized carbons (Fsp3) is 0.588. The van der Waals surface area contributed by atoms with E-state index in [0.29, 0.717) is 6.07 Å². The van der Waals surface area contributed by atoms with Crippen LogP contribution in [0.4, 0.5) is 31.1 Å². The molecular weight excluding hydrogens is 474 g/mol. The minimum Gasteiger partial charge on any atom is -0.484 e. The fourth-order valence-corrected chi connectivity index (χ4v) is 4.26. The van der Waals surface area contributed by atoms with Gasteiger partial charge in [-0.25, -0.2) is 13.2 Å². The summed E-state index contributed by atoms with van der Waals surface area (Å²) in [5, 5.41) is 0. The molecule has 0 bridgehead atoms. The molecule has 1 aliphatic rings. The molecule has 182 valence electrons. The van der Waals surface area contributed by atoms with Crippen molar-refractivity contribution in [2.45, 2.75) is 24.2 Å². The summed E-state index contributed by atoms with van der Waals surface area (Å²) in [6.45, 7) is -2.37. The zero-order chi connectivity index (χ0) is 24.2. The van der Waals surface area contributed by atoms with Gasteiger partial charge in [-0.15, -0.1) is 0 Å². The molecule has 0 unspecified atom stereocenters. The summed E-state index contributed by atoms with van der Waals surface area (Å²) in [5.41, 5.74) is 0. The normalized spacial score (nSPS) is 16.0. The molecule has 1 fully saturated rings. The first-order valence-electron chi connectivity index (χ1n) is 9.18. The van der Waals surface area contributed by atoms with Gasteiger partial charge in [-0.3, -0.25) is 0 Å². The van der Waals surface area contributed by atoms with Crippen LogP contribution in [0.3, 0.4) is 0 Å². The van der Waals surface area contributed by atoms with Crippen LogP contribution in [0.1, 0.15) is 6.92 Å². The van der Waals surface area contributed by atoms with Gasteiger partial charge >= 0.3 is 18.4 Å². The maximum atomic E-state index is 13.0. The molecule has 0 radical (unpaired) electrons. The van der Waals surface area contributed by atoms with Crippen molar-refractivity contribution in [1.82, 2.24) is 9.21 Å². The molecule has 0 N–H and O–H groups in total. The number of carbonyl (C=O) groups is 1. The van der Waals surface area contributed by atoms with E-state index in [1.54, 1.807) is 6.92 Å². The van der Waals surface area contributed by atoms with Gasteiger partial charge in [-0.2, -0.15) is 30.6 Å². The summed E-state index contributed by atoms with van der Waals surface area (Å²) in [5.74, 6) is -1.22. The predicted octanol–water partition coefficient (Wildman–Crippen LogP) is 3.03. The Balaban J connectivity index is 2.28. The number of benzene rings is 1. The first-order chi connectivity index (χ1) is 14.7. The Bertz CT molecular complexity index is 898. The van der Waals surface area contributed by atoms with Gasteiger partial charge in [0.05, 0.1) is 6.61 Å². The fourth-order valence-electron chi connectivity index (χ4n) is 2.69. The van der Waals surface area contributed by atoms with E-state index in [1.165, 1.54) is 4.90 Å². The second-order valence-corrected chi connectivity index (χ2v) is 8.41. The van der Waals surface area contributed by atoms with Gasteiger partial charge in [0, 0.05) is 32.2 Å². The lowest BCUT2D eigenvalue weighted by Crippen LogP contribution is -2.50. The van der Waals surface area contributed by atoms with Crippen molar-refractivity contribution in [2.75, 3.05) is 46.0 Å². The lowest BCUT2D eigenvalue weighted by Gasteiger charge is -2.33. The molecule has 1 aromatic rings.